The first-order valence-electron chi connectivity index (χ1n) is 10.4. The van der Waals surface area contributed by atoms with Gasteiger partial charge in [-0.1, -0.05) is 30.3 Å². The second-order valence-corrected chi connectivity index (χ2v) is 8.11. The summed E-state index contributed by atoms with van der Waals surface area (Å²) in [6.07, 6.45) is 3.84. The van der Waals surface area contributed by atoms with Crippen molar-refractivity contribution in [3.8, 4) is 5.75 Å². The third-order valence-corrected chi connectivity index (χ3v) is 5.72. The van der Waals surface area contributed by atoms with E-state index in [0.717, 1.165) is 11.9 Å². The number of carbonyl (C=O) groups is 2. The number of aromatic hydroxyl groups is 1. The molecule has 7 heteroatoms. The minimum absolute atomic E-state index is 0.0309. The molecule has 1 amide bonds. The molecular weight excluding hydrogens is 406 g/mol. The van der Waals surface area contributed by atoms with Crippen LogP contribution in [0.2, 0.25) is 0 Å². The van der Waals surface area contributed by atoms with Gasteiger partial charge in [-0.2, -0.15) is 0 Å². The number of benzene rings is 2. The van der Waals surface area contributed by atoms with E-state index in [1.807, 2.05) is 31.1 Å². The Labute approximate surface area is 186 Å². The zero-order valence-electron chi connectivity index (χ0n) is 18.0. The summed E-state index contributed by atoms with van der Waals surface area (Å²) < 4.78 is 0. The Hall–Kier alpha value is -3.71. The predicted octanol–water partition coefficient (Wildman–Crippen LogP) is 3.31. The van der Waals surface area contributed by atoms with Gasteiger partial charge in [0.1, 0.15) is 11.5 Å². The number of phenols is 1. The van der Waals surface area contributed by atoms with Crippen molar-refractivity contribution in [2.75, 3.05) is 27.2 Å². The van der Waals surface area contributed by atoms with E-state index in [4.69, 9.17) is 0 Å². The highest BCUT2D eigenvalue weighted by Gasteiger charge is 2.46. The van der Waals surface area contributed by atoms with Crippen LogP contribution in [0.15, 0.2) is 66.5 Å². The van der Waals surface area contributed by atoms with Gasteiger partial charge in [0, 0.05) is 24.3 Å². The van der Waals surface area contributed by atoms with Crippen molar-refractivity contribution in [3.63, 3.8) is 0 Å². The first-order valence-corrected chi connectivity index (χ1v) is 10.4. The highest BCUT2D eigenvalue weighted by atomic mass is 16.3. The molecule has 164 valence electrons. The monoisotopic (exact) mass is 431 g/mol. The summed E-state index contributed by atoms with van der Waals surface area (Å²) >= 11 is 0. The number of hydrogen-bond acceptors (Lipinski definition) is 6. The quantitative estimate of drug-likeness (QED) is 0.353. The summed E-state index contributed by atoms with van der Waals surface area (Å²) in [5.41, 5.74) is 0.761. The van der Waals surface area contributed by atoms with Crippen molar-refractivity contribution in [1.29, 1.82) is 0 Å². The topological polar surface area (TPSA) is 94.0 Å². The first kappa shape index (κ1) is 21.5. The Morgan fingerprint density at radius 3 is 2.50 bits per heavy atom. The van der Waals surface area contributed by atoms with Gasteiger partial charge >= 0.3 is 0 Å². The van der Waals surface area contributed by atoms with Gasteiger partial charge in [-0.15, -0.1) is 0 Å². The van der Waals surface area contributed by atoms with Crippen LogP contribution in [-0.4, -0.2) is 63.9 Å². The molecule has 1 unspecified atom stereocenters. The molecule has 1 aromatic heterocycles. The molecule has 1 fully saturated rings. The van der Waals surface area contributed by atoms with Gasteiger partial charge in [0.05, 0.1) is 17.2 Å². The van der Waals surface area contributed by atoms with Gasteiger partial charge in [0.25, 0.3) is 11.7 Å². The summed E-state index contributed by atoms with van der Waals surface area (Å²) in [6, 6.07) is 13.2. The van der Waals surface area contributed by atoms with Crippen LogP contribution in [0.3, 0.4) is 0 Å². The maximum Gasteiger partial charge on any atom is 0.295 e. The summed E-state index contributed by atoms with van der Waals surface area (Å²) in [6.45, 7) is 1.10. The van der Waals surface area contributed by atoms with Crippen molar-refractivity contribution < 1.29 is 19.8 Å². The highest BCUT2D eigenvalue weighted by Crippen LogP contribution is 2.42. The maximum atomic E-state index is 13.1. The molecular formula is C25H25N3O4. The molecule has 0 aliphatic carbocycles. The van der Waals surface area contributed by atoms with E-state index in [1.54, 1.807) is 48.8 Å². The smallest absolute Gasteiger partial charge is 0.295 e. The van der Waals surface area contributed by atoms with E-state index >= 15 is 0 Å². The normalized spacial score (nSPS) is 18.1. The van der Waals surface area contributed by atoms with Crippen LogP contribution in [0.25, 0.3) is 16.5 Å². The molecule has 3 aromatic rings. The van der Waals surface area contributed by atoms with Gasteiger partial charge in [-0.3, -0.25) is 14.6 Å². The molecule has 1 saturated heterocycles. The lowest BCUT2D eigenvalue weighted by Crippen LogP contribution is -2.32. The Kier molecular flexibility index (Phi) is 5.92. The minimum Gasteiger partial charge on any atom is -0.507 e. The Balaban J connectivity index is 1.85. The Morgan fingerprint density at radius 1 is 1.06 bits per heavy atom. The van der Waals surface area contributed by atoms with Crippen LogP contribution < -0.4 is 0 Å². The van der Waals surface area contributed by atoms with Crippen LogP contribution >= 0.6 is 0 Å². The molecule has 32 heavy (non-hydrogen) atoms. The van der Waals surface area contributed by atoms with Gasteiger partial charge in [-0.25, -0.2) is 0 Å². The molecule has 1 atom stereocenters. The Bertz CT molecular complexity index is 1200. The van der Waals surface area contributed by atoms with Crippen molar-refractivity contribution in [2.45, 2.75) is 12.5 Å². The molecule has 0 bridgehead atoms. The zero-order valence-corrected chi connectivity index (χ0v) is 18.0. The van der Waals surface area contributed by atoms with Crippen LogP contribution in [0.4, 0.5) is 0 Å². The van der Waals surface area contributed by atoms with E-state index in [2.05, 4.69) is 4.98 Å². The Morgan fingerprint density at radius 2 is 1.78 bits per heavy atom. The summed E-state index contributed by atoms with van der Waals surface area (Å²) in [4.78, 5) is 33.5. The number of aliphatic hydroxyl groups excluding tert-OH is 1. The second kappa shape index (κ2) is 8.80. The minimum atomic E-state index is -0.762. The number of aliphatic hydroxyl groups is 1. The van der Waals surface area contributed by atoms with Crippen LogP contribution in [0.5, 0.6) is 5.75 Å². The lowest BCUT2D eigenvalue weighted by molar-refractivity contribution is -0.139. The van der Waals surface area contributed by atoms with E-state index in [1.165, 1.54) is 4.90 Å². The van der Waals surface area contributed by atoms with Crippen molar-refractivity contribution in [3.05, 3.63) is 77.6 Å². The first-order chi connectivity index (χ1) is 15.4. The van der Waals surface area contributed by atoms with Gasteiger partial charge < -0.3 is 20.0 Å². The van der Waals surface area contributed by atoms with Gasteiger partial charge in [0.15, 0.2) is 0 Å². The number of pyridine rings is 1. The molecule has 0 spiro atoms. The number of carbonyl (C=O) groups excluding carboxylic acids is 2. The fraction of sp³-hybridized carbons (Fsp3) is 0.240. The molecule has 1 aliphatic heterocycles. The van der Waals surface area contributed by atoms with Gasteiger partial charge in [-0.05, 0) is 56.2 Å². The molecule has 2 heterocycles. The molecule has 4 rings (SSSR count). The number of rotatable bonds is 6. The lowest BCUT2D eigenvalue weighted by atomic mass is 9.94. The number of likely N-dealkylation sites (tertiary alicyclic amines) is 1. The van der Waals surface area contributed by atoms with Crippen LogP contribution in [0.1, 0.15) is 23.6 Å². The SMILES string of the molecule is CN(C)CCCN1C(=O)C(=O)C(=C(O)c2ccc3ccccc3c2O)C1c1ccncc1. The number of aromatic nitrogens is 1. The third kappa shape index (κ3) is 3.83. The van der Waals surface area contributed by atoms with E-state index in [-0.39, 0.29) is 22.6 Å². The lowest BCUT2D eigenvalue weighted by Gasteiger charge is -2.25. The maximum absolute atomic E-state index is 13.1. The number of Topliss-reactive ketones (excluding diaryl/α,β-unsaturated/α-hetero) is 1. The number of amides is 1. The molecule has 7 nitrogen and oxygen atoms in total. The number of hydrogen-bond donors (Lipinski definition) is 2. The molecule has 0 saturated carbocycles. The molecule has 2 N–H and O–H groups in total. The van der Waals surface area contributed by atoms with Crippen molar-refractivity contribution in [2.24, 2.45) is 0 Å². The number of phenolic OH excluding ortho intramolecular Hbond substituents is 1. The zero-order chi connectivity index (χ0) is 22.8. The fourth-order valence-electron chi connectivity index (χ4n) is 4.15. The standard InChI is InChI=1S/C25H25N3O4/c1-27(2)14-5-15-28-21(17-10-12-26-13-11-17)20(24(31)25(28)32)23(30)19-9-8-16-6-3-4-7-18(16)22(19)29/h3-4,6-13,21,29-30H,5,14-15H2,1-2H3. The van der Waals surface area contributed by atoms with Gasteiger partial charge in [0.2, 0.25) is 0 Å². The van der Waals surface area contributed by atoms with E-state index in [0.29, 0.717) is 23.9 Å². The van der Waals surface area contributed by atoms with E-state index < -0.39 is 17.7 Å². The summed E-state index contributed by atoms with van der Waals surface area (Å²) in [5.74, 6) is -1.94. The molecule has 1 aliphatic rings. The number of fused-ring (bicyclic) bond motifs is 1. The fourth-order valence-corrected chi connectivity index (χ4v) is 4.15. The highest BCUT2D eigenvalue weighted by molar-refractivity contribution is 6.46. The predicted molar refractivity (Wildman–Crippen MR) is 122 cm³/mol. The summed E-state index contributed by atoms with van der Waals surface area (Å²) in [5, 5.41) is 23.4. The number of ketones is 1. The number of nitrogens with zero attached hydrogens (tertiary/aromatic N) is 3. The van der Waals surface area contributed by atoms with Crippen LogP contribution in [0, 0.1) is 0 Å². The van der Waals surface area contributed by atoms with Crippen molar-refractivity contribution >= 4 is 28.2 Å². The molecule has 2 aromatic carbocycles. The third-order valence-electron chi connectivity index (χ3n) is 5.72. The summed E-state index contributed by atoms with van der Waals surface area (Å²) in [7, 11) is 3.88. The van der Waals surface area contributed by atoms with Crippen LogP contribution in [-0.2, 0) is 9.59 Å². The molecule has 0 radical (unpaired) electrons. The average molecular weight is 431 g/mol. The second-order valence-electron chi connectivity index (χ2n) is 8.11. The average Bonchev–Trinajstić information content (AvgIpc) is 3.04. The largest absolute Gasteiger partial charge is 0.507 e. The van der Waals surface area contributed by atoms with E-state index in [9.17, 15) is 19.8 Å². The van der Waals surface area contributed by atoms with Crippen molar-refractivity contribution in [1.82, 2.24) is 14.8 Å².